The molecule has 0 spiro atoms. The van der Waals surface area contributed by atoms with E-state index in [-0.39, 0.29) is 17.8 Å². The molecule has 5 heteroatoms. The highest BCUT2D eigenvalue weighted by molar-refractivity contribution is 7.17. The quantitative estimate of drug-likeness (QED) is 0.810. The lowest BCUT2D eigenvalue weighted by atomic mass is 9.88. The molecule has 1 atom stereocenters. The zero-order valence-corrected chi connectivity index (χ0v) is 15.5. The van der Waals surface area contributed by atoms with Crippen LogP contribution in [0.25, 0.3) is 0 Å². The Balaban J connectivity index is 1.85. The summed E-state index contributed by atoms with van der Waals surface area (Å²) in [4.78, 5) is 26.3. The molecule has 1 amide bonds. The molecule has 1 aromatic heterocycles. The standard InChI is InChI=1S/C19H27NO3S/c1-3-23-19(22)16-14-10-9-12(2)11-15(14)24-18(16)20-17(21)13-7-5-4-6-8-13/h12-13H,3-11H2,1-2H3,(H,20,21). The summed E-state index contributed by atoms with van der Waals surface area (Å²) < 4.78 is 5.26. The number of rotatable bonds is 4. The molecule has 0 aromatic carbocycles. The second-order valence-electron chi connectivity index (χ2n) is 7.10. The second kappa shape index (κ2) is 7.68. The molecule has 24 heavy (non-hydrogen) atoms. The molecule has 1 heterocycles. The number of amides is 1. The minimum absolute atomic E-state index is 0.0758. The molecule has 0 radical (unpaired) electrons. The third-order valence-electron chi connectivity index (χ3n) is 5.20. The Kier molecular flexibility index (Phi) is 5.59. The number of anilines is 1. The van der Waals surface area contributed by atoms with E-state index >= 15 is 0 Å². The molecule has 0 saturated heterocycles. The van der Waals surface area contributed by atoms with Crippen LogP contribution >= 0.6 is 11.3 Å². The molecule has 0 aliphatic heterocycles. The van der Waals surface area contributed by atoms with Crippen molar-refractivity contribution in [3.8, 4) is 0 Å². The fourth-order valence-electron chi connectivity index (χ4n) is 3.84. The molecule has 4 nitrogen and oxygen atoms in total. The molecule has 0 bridgehead atoms. The van der Waals surface area contributed by atoms with Gasteiger partial charge < -0.3 is 10.1 Å². The number of fused-ring (bicyclic) bond motifs is 1. The minimum atomic E-state index is -0.288. The van der Waals surface area contributed by atoms with Gasteiger partial charge in [-0.05, 0) is 50.5 Å². The first-order chi connectivity index (χ1) is 11.6. The molecule has 1 unspecified atom stereocenters. The van der Waals surface area contributed by atoms with Crippen LogP contribution in [0, 0.1) is 11.8 Å². The van der Waals surface area contributed by atoms with Crippen molar-refractivity contribution in [2.45, 2.75) is 65.2 Å². The summed E-state index contributed by atoms with van der Waals surface area (Å²) in [5, 5.41) is 3.78. The van der Waals surface area contributed by atoms with Gasteiger partial charge in [-0.2, -0.15) is 0 Å². The molecule has 1 N–H and O–H groups in total. The minimum Gasteiger partial charge on any atom is -0.462 e. The van der Waals surface area contributed by atoms with Crippen molar-refractivity contribution >= 4 is 28.2 Å². The molecule has 132 valence electrons. The highest BCUT2D eigenvalue weighted by Crippen LogP contribution is 2.40. The zero-order valence-electron chi connectivity index (χ0n) is 14.7. The van der Waals surface area contributed by atoms with E-state index < -0.39 is 0 Å². The van der Waals surface area contributed by atoms with Gasteiger partial charge in [0.05, 0.1) is 12.2 Å². The third kappa shape index (κ3) is 3.66. The normalized spacial score (nSPS) is 21.2. The second-order valence-corrected chi connectivity index (χ2v) is 8.21. The predicted octanol–water partition coefficient (Wildman–Crippen LogP) is 4.57. The monoisotopic (exact) mass is 349 g/mol. The molecule has 1 aromatic rings. The van der Waals surface area contributed by atoms with E-state index in [0.29, 0.717) is 23.1 Å². The number of esters is 1. The van der Waals surface area contributed by atoms with Gasteiger partial charge in [0.15, 0.2) is 0 Å². The Bertz CT molecular complexity index is 616. The Morgan fingerprint density at radius 1 is 1.21 bits per heavy atom. The largest absolute Gasteiger partial charge is 0.462 e. The van der Waals surface area contributed by atoms with Gasteiger partial charge in [0.25, 0.3) is 0 Å². The molecule has 1 saturated carbocycles. The van der Waals surface area contributed by atoms with Gasteiger partial charge in [-0.1, -0.05) is 26.2 Å². The summed E-state index contributed by atoms with van der Waals surface area (Å²) in [6.07, 6.45) is 8.38. The maximum atomic E-state index is 12.6. The van der Waals surface area contributed by atoms with Crippen molar-refractivity contribution in [2.24, 2.45) is 11.8 Å². The molecular weight excluding hydrogens is 322 g/mol. The average molecular weight is 349 g/mol. The van der Waals surface area contributed by atoms with E-state index in [4.69, 9.17) is 4.74 Å². The lowest BCUT2D eigenvalue weighted by Gasteiger charge is -2.20. The van der Waals surface area contributed by atoms with Crippen molar-refractivity contribution in [3.05, 3.63) is 16.0 Å². The van der Waals surface area contributed by atoms with Gasteiger partial charge in [0.2, 0.25) is 5.91 Å². The highest BCUT2D eigenvalue weighted by atomic mass is 32.1. The van der Waals surface area contributed by atoms with Crippen LogP contribution in [0.1, 0.15) is 73.2 Å². The van der Waals surface area contributed by atoms with Crippen molar-refractivity contribution in [1.82, 2.24) is 0 Å². The average Bonchev–Trinajstić information content (AvgIpc) is 2.92. The van der Waals surface area contributed by atoms with Gasteiger partial charge in [-0.3, -0.25) is 4.79 Å². The fraction of sp³-hybridized carbons (Fsp3) is 0.684. The van der Waals surface area contributed by atoms with E-state index in [1.165, 1.54) is 11.3 Å². The Morgan fingerprint density at radius 2 is 1.96 bits per heavy atom. The van der Waals surface area contributed by atoms with Gasteiger partial charge in [-0.25, -0.2) is 4.79 Å². The van der Waals surface area contributed by atoms with Crippen LogP contribution in [0.3, 0.4) is 0 Å². The van der Waals surface area contributed by atoms with Crippen LogP contribution in [0.2, 0.25) is 0 Å². The number of hydrogen-bond acceptors (Lipinski definition) is 4. The highest BCUT2D eigenvalue weighted by Gasteiger charge is 2.30. The number of hydrogen-bond donors (Lipinski definition) is 1. The summed E-state index contributed by atoms with van der Waals surface area (Å²) >= 11 is 1.58. The first-order valence-corrected chi connectivity index (χ1v) is 10.0. The van der Waals surface area contributed by atoms with E-state index in [2.05, 4.69) is 12.2 Å². The summed E-state index contributed by atoms with van der Waals surface area (Å²) in [7, 11) is 0. The van der Waals surface area contributed by atoms with Crippen LogP contribution in [0.5, 0.6) is 0 Å². The van der Waals surface area contributed by atoms with Crippen LogP contribution in [0.15, 0.2) is 0 Å². The van der Waals surface area contributed by atoms with Gasteiger partial charge in [0.1, 0.15) is 5.00 Å². The molecule has 2 aliphatic carbocycles. The van der Waals surface area contributed by atoms with Gasteiger partial charge in [-0.15, -0.1) is 11.3 Å². The first-order valence-electron chi connectivity index (χ1n) is 9.22. The third-order valence-corrected chi connectivity index (χ3v) is 6.37. The van der Waals surface area contributed by atoms with Crippen LogP contribution in [0.4, 0.5) is 5.00 Å². The molecule has 2 aliphatic rings. The lowest BCUT2D eigenvalue weighted by molar-refractivity contribution is -0.120. The predicted molar refractivity (Wildman–Crippen MR) is 96.7 cm³/mol. The molecular formula is C19H27NO3S. The Labute approximate surface area is 148 Å². The first kappa shape index (κ1) is 17.5. The Hall–Kier alpha value is -1.36. The maximum absolute atomic E-state index is 12.6. The smallest absolute Gasteiger partial charge is 0.341 e. The van der Waals surface area contributed by atoms with E-state index in [1.807, 2.05) is 6.92 Å². The summed E-state index contributed by atoms with van der Waals surface area (Å²) in [5.41, 5.74) is 1.73. The van der Waals surface area contributed by atoms with E-state index in [9.17, 15) is 9.59 Å². The molecule has 3 rings (SSSR count). The number of carbonyl (C=O) groups is 2. The summed E-state index contributed by atoms with van der Waals surface area (Å²) in [6.45, 7) is 4.42. The lowest BCUT2D eigenvalue weighted by Crippen LogP contribution is -2.25. The van der Waals surface area contributed by atoms with Crippen molar-refractivity contribution in [1.29, 1.82) is 0 Å². The zero-order chi connectivity index (χ0) is 17.1. The van der Waals surface area contributed by atoms with Crippen LogP contribution in [-0.2, 0) is 22.4 Å². The maximum Gasteiger partial charge on any atom is 0.341 e. The van der Waals surface area contributed by atoms with Crippen molar-refractivity contribution in [2.75, 3.05) is 11.9 Å². The van der Waals surface area contributed by atoms with E-state index in [0.717, 1.165) is 50.5 Å². The van der Waals surface area contributed by atoms with Gasteiger partial charge in [0, 0.05) is 10.8 Å². The number of nitrogens with one attached hydrogen (secondary N) is 1. The summed E-state index contributed by atoms with van der Waals surface area (Å²) in [6, 6.07) is 0. The molecule has 1 fully saturated rings. The van der Waals surface area contributed by atoms with Crippen molar-refractivity contribution in [3.63, 3.8) is 0 Å². The Morgan fingerprint density at radius 3 is 2.67 bits per heavy atom. The number of thiophene rings is 1. The summed E-state index contributed by atoms with van der Waals surface area (Å²) in [5.74, 6) is 0.510. The van der Waals surface area contributed by atoms with Gasteiger partial charge >= 0.3 is 5.97 Å². The van der Waals surface area contributed by atoms with Crippen LogP contribution in [-0.4, -0.2) is 18.5 Å². The number of ether oxygens (including phenoxy) is 1. The number of carbonyl (C=O) groups excluding carboxylic acids is 2. The van der Waals surface area contributed by atoms with E-state index in [1.54, 1.807) is 11.3 Å². The van der Waals surface area contributed by atoms with Crippen LogP contribution < -0.4 is 5.32 Å². The fourth-order valence-corrected chi connectivity index (χ4v) is 5.24. The topological polar surface area (TPSA) is 55.4 Å². The van der Waals surface area contributed by atoms with Crippen molar-refractivity contribution < 1.29 is 14.3 Å². The SMILES string of the molecule is CCOC(=O)c1c(NC(=O)C2CCCCC2)sc2c1CCC(C)C2.